The Hall–Kier alpha value is -3.23. The molecule has 0 unspecified atom stereocenters. The zero-order valence-corrected chi connectivity index (χ0v) is 15.0. The molecule has 0 saturated heterocycles. The van der Waals surface area contributed by atoms with Crippen LogP contribution in [0.2, 0.25) is 0 Å². The van der Waals surface area contributed by atoms with E-state index in [1.54, 1.807) is 31.2 Å². The summed E-state index contributed by atoms with van der Waals surface area (Å²) >= 11 is 0. The van der Waals surface area contributed by atoms with Gasteiger partial charge in [-0.3, -0.25) is 10.1 Å². The molecule has 0 radical (unpaired) electrons. The summed E-state index contributed by atoms with van der Waals surface area (Å²) < 4.78 is 4.98. The summed E-state index contributed by atoms with van der Waals surface area (Å²) in [5, 5.41) is 17.7. The molecule has 0 aliphatic heterocycles. The fourth-order valence-electron chi connectivity index (χ4n) is 3.09. The van der Waals surface area contributed by atoms with E-state index in [4.69, 9.17) is 4.74 Å². The van der Waals surface area contributed by atoms with Crippen molar-refractivity contribution in [3.63, 3.8) is 0 Å². The Morgan fingerprint density at radius 2 is 2.04 bits per heavy atom. The Morgan fingerprint density at radius 1 is 1.30 bits per heavy atom. The molecule has 0 amide bonds. The van der Waals surface area contributed by atoms with E-state index in [2.05, 4.69) is 20.6 Å². The van der Waals surface area contributed by atoms with E-state index in [9.17, 15) is 14.9 Å². The number of carbonyl (C=O) groups excluding carboxylic acids is 1. The Labute approximate surface area is 156 Å². The number of nitro groups is 1. The third-order valence-corrected chi connectivity index (χ3v) is 4.34. The van der Waals surface area contributed by atoms with Gasteiger partial charge in [0, 0.05) is 11.7 Å². The van der Waals surface area contributed by atoms with Crippen molar-refractivity contribution in [2.24, 2.45) is 0 Å². The predicted octanol–water partition coefficient (Wildman–Crippen LogP) is 3.66. The highest BCUT2D eigenvalue weighted by Crippen LogP contribution is 2.33. The monoisotopic (exact) mass is 371 g/mol. The van der Waals surface area contributed by atoms with Gasteiger partial charge in [0.05, 0.1) is 17.1 Å². The van der Waals surface area contributed by atoms with Gasteiger partial charge < -0.3 is 15.4 Å². The van der Waals surface area contributed by atoms with Gasteiger partial charge in [-0.2, -0.15) is 0 Å². The molecule has 1 saturated carbocycles. The van der Waals surface area contributed by atoms with E-state index < -0.39 is 10.9 Å². The Balaban J connectivity index is 1.87. The lowest BCUT2D eigenvalue weighted by Gasteiger charge is -2.14. The van der Waals surface area contributed by atoms with Gasteiger partial charge in [0.15, 0.2) is 0 Å². The third-order valence-electron chi connectivity index (χ3n) is 4.34. The lowest BCUT2D eigenvalue weighted by atomic mass is 10.2. The van der Waals surface area contributed by atoms with E-state index in [0.717, 1.165) is 25.7 Å². The van der Waals surface area contributed by atoms with Crippen molar-refractivity contribution in [2.75, 3.05) is 17.2 Å². The van der Waals surface area contributed by atoms with Crippen LogP contribution >= 0.6 is 0 Å². The number of anilines is 3. The van der Waals surface area contributed by atoms with Crippen LogP contribution in [0.1, 0.15) is 43.0 Å². The molecule has 1 aliphatic carbocycles. The largest absolute Gasteiger partial charge is 0.462 e. The molecule has 27 heavy (non-hydrogen) atoms. The maximum Gasteiger partial charge on any atom is 0.353 e. The number of benzene rings is 1. The van der Waals surface area contributed by atoms with Crippen LogP contribution in [0.15, 0.2) is 30.6 Å². The molecule has 9 heteroatoms. The van der Waals surface area contributed by atoms with Crippen molar-refractivity contribution in [1.29, 1.82) is 0 Å². The van der Waals surface area contributed by atoms with Crippen LogP contribution in [-0.4, -0.2) is 33.5 Å². The fourth-order valence-corrected chi connectivity index (χ4v) is 3.09. The molecule has 0 atom stereocenters. The molecule has 1 fully saturated rings. The number of hydrogen-bond acceptors (Lipinski definition) is 8. The average Bonchev–Trinajstić information content (AvgIpc) is 3.15. The van der Waals surface area contributed by atoms with E-state index in [1.165, 1.54) is 6.33 Å². The topological polar surface area (TPSA) is 119 Å². The molecule has 0 bridgehead atoms. The number of rotatable bonds is 7. The van der Waals surface area contributed by atoms with Gasteiger partial charge in [-0.1, -0.05) is 18.9 Å². The summed E-state index contributed by atoms with van der Waals surface area (Å²) in [6.07, 6.45) is 5.41. The zero-order chi connectivity index (χ0) is 19.2. The van der Waals surface area contributed by atoms with Crippen molar-refractivity contribution in [3.8, 4) is 0 Å². The summed E-state index contributed by atoms with van der Waals surface area (Å²) in [6, 6.07) is 6.72. The molecule has 1 heterocycles. The summed E-state index contributed by atoms with van der Waals surface area (Å²) in [5.74, 6) is -0.190. The van der Waals surface area contributed by atoms with E-state index in [1.807, 2.05) is 0 Å². The number of nitrogens with zero attached hydrogens (tertiary/aromatic N) is 3. The molecule has 0 spiro atoms. The number of esters is 1. The van der Waals surface area contributed by atoms with Crippen LogP contribution < -0.4 is 10.6 Å². The summed E-state index contributed by atoms with van der Waals surface area (Å²) in [4.78, 5) is 31.1. The van der Waals surface area contributed by atoms with Gasteiger partial charge in [0.1, 0.15) is 6.33 Å². The Bertz CT molecular complexity index is 836. The second-order valence-electron chi connectivity index (χ2n) is 6.23. The van der Waals surface area contributed by atoms with Crippen molar-refractivity contribution in [1.82, 2.24) is 9.97 Å². The Morgan fingerprint density at radius 3 is 2.74 bits per heavy atom. The standard InChI is InChI=1S/C18H21N5O4/c1-2-27-18(24)12-6-5-9-14(10-12)22-17-15(23(25)26)16(19-11-20-17)21-13-7-3-4-8-13/h5-6,9-11,13H,2-4,7-8H2,1H3,(H2,19,20,21,22). The maximum absolute atomic E-state index is 11.9. The molecule has 1 aromatic carbocycles. The number of carbonyl (C=O) groups is 1. The van der Waals surface area contributed by atoms with Gasteiger partial charge in [0.25, 0.3) is 0 Å². The number of aromatic nitrogens is 2. The fraction of sp³-hybridized carbons (Fsp3) is 0.389. The predicted molar refractivity (Wildman–Crippen MR) is 100 cm³/mol. The SMILES string of the molecule is CCOC(=O)c1cccc(Nc2ncnc(NC3CCCC3)c2[N+](=O)[O-])c1. The van der Waals surface area contributed by atoms with Crippen LogP contribution in [0, 0.1) is 10.1 Å². The first-order valence-electron chi connectivity index (χ1n) is 8.88. The van der Waals surface area contributed by atoms with Gasteiger partial charge in [-0.05, 0) is 38.0 Å². The molecule has 3 rings (SSSR count). The quantitative estimate of drug-likeness (QED) is 0.430. The smallest absolute Gasteiger partial charge is 0.353 e. The van der Waals surface area contributed by atoms with Gasteiger partial charge in [-0.15, -0.1) is 0 Å². The van der Waals surface area contributed by atoms with Crippen molar-refractivity contribution >= 4 is 29.0 Å². The van der Waals surface area contributed by atoms with Crippen molar-refractivity contribution < 1.29 is 14.5 Å². The number of ether oxygens (including phenoxy) is 1. The molecule has 9 nitrogen and oxygen atoms in total. The summed E-state index contributed by atoms with van der Waals surface area (Å²) in [7, 11) is 0. The Kier molecular flexibility index (Phi) is 5.80. The van der Waals surface area contributed by atoms with E-state index in [0.29, 0.717) is 11.3 Å². The van der Waals surface area contributed by atoms with Crippen LogP contribution in [0.4, 0.5) is 23.0 Å². The van der Waals surface area contributed by atoms with Crippen molar-refractivity contribution in [2.45, 2.75) is 38.6 Å². The van der Waals surface area contributed by atoms with Crippen molar-refractivity contribution in [3.05, 3.63) is 46.3 Å². The maximum atomic E-state index is 11.9. The lowest BCUT2D eigenvalue weighted by molar-refractivity contribution is -0.383. The van der Waals surface area contributed by atoms with Crippen LogP contribution in [0.3, 0.4) is 0 Å². The minimum atomic E-state index is -0.505. The number of nitrogens with one attached hydrogen (secondary N) is 2. The third kappa shape index (κ3) is 4.49. The van der Waals surface area contributed by atoms with Crippen LogP contribution in [0.25, 0.3) is 0 Å². The van der Waals surface area contributed by atoms with Gasteiger partial charge >= 0.3 is 11.7 Å². The second-order valence-corrected chi connectivity index (χ2v) is 6.23. The first-order valence-corrected chi connectivity index (χ1v) is 8.88. The van der Waals surface area contributed by atoms with E-state index >= 15 is 0 Å². The molecular weight excluding hydrogens is 350 g/mol. The van der Waals surface area contributed by atoms with Gasteiger partial charge in [0.2, 0.25) is 11.6 Å². The highest BCUT2D eigenvalue weighted by atomic mass is 16.6. The molecule has 2 aromatic rings. The number of hydrogen-bond donors (Lipinski definition) is 2. The zero-order valence-electron chi connectivity index (χ0n) is 15.0. The molecule has 142 valence electrons. The second kappa shape index (κ2) is 8.43. The van der Waals surface area contributed by atoms with Crippen LogP contribution in [-0.2, 0) is 4.74 Å². The molecular formula is C18H21N5O4. The normalized spacial score (nSPS) is 14.0. The average molecular weight is 371 g/mol. The molecule has 1 aromatic heterocycles. The highest BCUT2D eigenvalue weighted by Gasteiger charge is 2.26. The molecule has 2 N–H and O–H groups in total. The summed E-state index contributed by atoms with van der Waals surface area (Å²) in [6.45, 7) is 1.99. The summed E-state index contributed by atoms with van der Waals surface area (Å²) in [5.41, 5.74) is 0.628. The first-order chi connectivity index (χ1) is 13.1. The lowest BCUT2D eigenvalue weighted by Crippen LogP contribution is -2.17. The minimum Gasteiger partial charge on any atom is -0.462 e. The highest BCUT2D eigenvalue weighted by molar-refractivity contribution is 5.91. The minimum absolute atomic E-state index is 0.0662. The van der Waals surface area contributed by atoms with Crippen LogP contribution in [0.5, 0.6) is 0 Å². The first kappa shape index (κ1) is 18.6. The van der Waals surface area contributed by atoms with E-state index in [-0.39, 0.29) is 30.0 Å². The molecule has 1 aliphatic rings. The van der Waals surface area contributed by atoms with Gasteiger partial charge in [-0.25, -0.2) is 14.8 Å².